The van der Waals surface area contributed by atoms with Crippen molar-refractivity contribution < 1.29 is 9.90 Å². The minimum atomic E-state index is -0.341. The summed E-state index contributed by atoms with van der Waals surface area (Å²) >= 11 is 1.47. The maximum atomic E-state index is 12.0. The number of aryl methyl sites for hydroxylation is 1. The van der Waals surface area contributed by atoms with Crippen molar-refractivity contribution in [2.45, 2.75) is 38.1 Å². The van der Waals surface area contributed by atoms with Gasteiger partial charge in [0.05, 0.1) is 17.0 Å². The molecule has 0 saturated heterocycles. The predicted octanol–water partition coefficient (Wildman–Crippen LogP) is 1.96. The molecule has 0 atom stereocenters. The monoisotopic (exact) mass is 239 g/mol. The van der Waals surface area contributed by atoms with Gasteiger partial charge in [-0.1, -0.05) is 6.92 Å². The first-order valence-electron chi connectivity index (χ1n) is 5.70. The van der Waals surface area contributed by atoms with Crippen LogP contribution in [0.5, 0.6) is 0 Å². The van der Waals surface area contributed by atoms with Gasteiger partial charge in [0.2, 0.25) is 0 Å². The molecule has 2 rings (SSSR count). The Morgan fingerprint density at radius 2 is 2.38 bits per heavy atom. The van der Waals surface area contributed by atoms with Gasteiger partial charge in [0.1, 0.15) is 0 Å². The van der Waals surface area contributed by atoms with Gasteiger partial charge in [-0.2, -0.15) is 0 Å². The number of hydrogen-bond acceptors (Lipinski definition) is 3. The summed E-state index contributed by atoms with van der Waals surface area (Å²) in [4.78, 5) is 12.8. The summed E-state index contributed by atoms with van der Waals surface area (Å²) < 4.78 is 0. The van der Waals surface area contributed by atoms with Crippen LogP contribution in [0.4, 0.5) is 0 Å². The summed E-state index contributed by atoms with van der Waals surface area (Å²) in [5.41, 5.74) is 0.751. The lowest BCUT2D eigenvalue weighted by molar-refractivity contribution is 0.0644. The second-order valence-electron chi connectivity index (χ2n) is 4.37. The Balaban J connectivity index is 2.08. The van der Waals surface area contributed by atoms with Gasteiger partial charge in [-0.15, -0.1) is 11.3 Å². The maximum absolute atomic E-state index is 12.0. The number of thiophene rings is 1. The minimum Gasteiger partial charge on any atom is -0.394 e. The van der Waals surface area contributed by atoms with Crippen LogP contribution < -0.4 is 5.32 Å². The highest BCUT2D eigenvalue weighted by Crippen LogP contribution is 2.32. The molecule has 3 nitrogen and oxygen atoms in total. The third kappa shape index (κ3) is 1.99. The molecule has 1 aromatic rings. The number of carbonyl (C=O) groups is 1. The molecule has 1 aliphatic rings. The molecule has 2 N–H and O–H groups in total. The third-order valence-electron chi connectivity index (χ3n) is 3.33. The van der Waals surface area contributed by atoms with Crippen molar-refractivity contribution in [1.29, 1.82) is 0 Å². The topological polar surface area (TPSA) is 49.3 Å². The fourth-order valence-electron chi connectivity index (χ4n) is 2.04. The molecule has 1 aromatic heterocycles. The molecule has 88 valence electrons. The average Bonchev–Trinajstić information content (AvgIpc) is 2.71. The van der Waals surface area contributed by atoms with Crippen molar-refractivity contribution in [3.63, 3.8) is 0 Å². The molecule has 1 amide bonds. The van der Waals surface area contributed by atoms with Crippen LogP contribution >= 0.6 is 11.3 Å². The zero-order valence-corrected chi connectivity index (χ0v) is 10.3. The van der Waals surface area contributed by atoms with Crippen LogP contribution in [0.25, 0.3) is 0 Å². The van der Waals surface area contributed by atoms with Crippen LogP contribution in [-0.4, -0.2) is 23.2 Å². The van der Waals surface area contributed by atoms with E-state index in [1.165, 1.54) is 11.3 Å². The minimum absolute atomic E-state index is 0.0272. The van der Waals surface area contributed by atoms with E-state index in [2.05, 4.69) is 5.32 Å². The first kappa shape index (κ1) is 11.6. The quantitative estimate of drug-likeness (QED) is 0.843. The molecule has 1 saturated carbocycles. The molecule has 1 aliphatic carbocycles. The average molecular weight is 239 g/mol. The summed E-state index contributed by atoms with van der Waals surface area (Å²) in [5, 5.41) is 14.2. The van der Waals surface area contributed by atoms with Gasteiger partial charge in [0, 0.05) is 0 Å². The van der Waals surface area contributed by atoms with Crippen molar-refractivity contribution in [2.24, 2.45) is 0 Å². The highest BCUT2D eigenvalue weighted by molar-refractivity contribution is 7.12. The molecule has 16 heavy (non-hydrogen) atoms. The van der Waals surface area contributed by atoms with Gasteiger partial charge < -0.3 is 10.4 Å². The van der Waals surface area contributed by atoms with Crippen molar-refractivity contribution in [3.8, 4) is 0 Å². The largest absolute Gasteiger partial charge is 0.394 e. The molecule has 1 heterocycles. The Morgan fingerprint density at radius 3 is 2.88 bits per heavy atom. The van der Waals surface area contributed by atoms with E-state index in [9.17, 15) is 9.90 Å². The van der Waals surface area contributed by atoms with E-state index in [1.54, 1.807) is 0 Å². The fourth-order valence-corrected chi connectivity index (χ4v) is 2.93. The Bertz CT molecular complexity index is 377. The van der Waals surface area contributed by atoms with E-state index in [-0.39, 0.29) is 18.1 Å². The Kier molecular flexibility index (Phi) is 3.30. The summed E-state index contributed by atoms with van der Waals surface area (Å²) in [6.07, 6.45) is 3.74. The van der Waals surface area contributed by atoms with Crippen molar-refractivity contribution in [2.75, 3.05) is 6.61 Å². The zero-order valence-electron chi connectivity index (χ0n) is 9.45. The summed E-state index contributed by atoms with van der Waals surface area (Å²) in [6.45, 7) is 2.09. The predicted molar refractivity (Wildman–Crippen MR) is 64.8 cm³/mol. The van der Waals surface area contributed by atoms with Gasteiger partial charge in [-0.05, 0) is 42.7 Å². The van der Waals surface area contributed by atoms with E-state index in [0.717, 1.165) is 36.1 Å². The smallest absolute Gasteiger partial charge is 0.262 e. The first-order valence-corrected chi connectivity index (χ1v) is 6.58. The van der Waals surface area contributed by atoms with E-state index in [1.807, 2.05) is 18.4 Å². The van der Waals surface area contributed by atoms with Crippen LogP contribution in [0.2, 0.25) is 0 Å². The lowest BCUT2D eigenvalue weighted by Gasteiger charge is -2.40. The highest BCUT2D eigenvalue weighted by atomic mass is 32.1. The van der Waals surface area contributed by atoms with Gasteiger partial charge in [-0.3, -0.25) is 4.79 Å². The molecule has 0 aromatic carbocycles. The standard InChI is InChI=1S/C12H17NO2S/c1-2-9-4-7-16-10(9)11(15)13-12(8-14)5-3-6-12/h4,7,14H,2-3,5-6,8H2,1H3,(H,13,15). The van der Waals surface area contributed by atoms with Crippen molar-refractivity contribution >= 4 is 17.2 Å². The molecule has 1 fully saturated rings. The van der Waals surface area contributed by atoms with E-state index in [0.29, 0.717) is 0 Å². The molecule has 0 aliphatic heterocycles. The molecule has 0 bridgehead atoms. The van der Waals surface area contributed by atoms with Gasteiger partial charge in [0.15, 0.2) is 0 Å². The van der Waals surface area contributed by atoms with Gasteiger partial charge >= 0.3 is 0 Å². The van der Waals surface area contributed by atoms with Crippen molar-refractivity contribution in [3.05, 3.63) is 21.9 Å². The Labute approximate surface area is 99.5 Å². The number of aliphatic hydroxyl groups excluding tert-OH is 1. The van der Waals surface area contributed by atoms with Crippen molar-refractivity contribution in [1.82, 2.24) is 5.32 Å². The summed E-state index contributed by atoms with van der Waals surface area (Å²) in [5.74, 6) is -0.0272. The van der Waals surface area contributed by atoms with Gasteiger partial charge in [-0.25, -0.2) is 0 Å². The first-order chi connectivity index (χ1) is 7.71. The molecular formula is C12H17NO2S. The fraction of sp³-hybridized carbons (Fsp3) is 0.583. The van der Waals surface area contributed by atoms with E-state index >= 15 is 0 Å². The SMILES string of the molecule is CCc1ccsc1C(=O)NC1(CO)CCC1. The number of aliphatic hydroxyl groups is 1. The zero-order chi connectivity index (χ0) is 11.6. The van der Waals surface area contributed by atoms with Crippen LogP contribution in [0, 0.1) is 0 Å². The maximum Gasteiger partial charge on any atom is 0.262 e. The number of nitrogens with one attached hydrogen (secondary N) is 1. The normalized spacial score (nSPS) is 17.9. The number of rotatable bonds is 4. The van der Waals surface area contributed by atoms with Crippen LogP contribution in [0.15, 0.2) is 11.4 Å². The second-order valence-corrected chi connectivity index (χ2v) is 5.29. The lowest BCUT2D eigenvalue weighted by atomic mass is 9.77. The number of carbonyl (C=O) groups excluding carboxylic acids is 1. The van der Waals surface area contributed by atoms with Crippen LogP contribution in [0.3, 0.4) is 0 Å². The number of hydrogen-bond donors (Lipinski definition) is 2. The molecule has 0 unspecified atom stereocenters. The van der Waals surface area contributed by atoms with E-state index < -0.39 is 0 Å². The lowest BCUT2D eigenvalue weighted by Crippen LogP contribution is -2.56. The number of amides is 1. The highest BCUT2D eigenvalue weighted by Gasteiger charge is 2.38. The Hall–Kier alpha value is -0.870. The van der Waals surface area contributed by atoms with Gasteiger partial charge in [0.25, 0.3) is 5.91 Å². The Morgan fingerprint density at radius 1 is 1.62 bits per heavy atom. The molecular weight excluding hydrogens is 222 g/mol. The molecule has 0 radical (unpaired) electrons. The molecule has 0 spiro atoms. The van der Waals surface area contributed by atoms with Crippen LogP contribution in [-0.2, 0) is 6.42 Å². The third-order valence-corrected chi connectivity index (χ3v) is 4.28. The van der Waals surface area contributed by atoms with Crippen LogP contribution in [0.1, 0.15) is 41.4 Å². The second kappa shape index (κ2) is 4.55. The summed E-state index contributed by atoms with van der Waals surface area (Å²) in [7, 11) is 0. The molecule has 4 heteroatoms. The summed E-state index contributed by atoms with van der Waals surface area (Å²) in [6, 6.07) is 1.99. The van der Waals surface area contributed by atoms with E-state index in [4.69, 9.17) is 0 Å².